The van der Waals surface area contributed by atoms with Gasteiger partial charge in [-0.25, -0.2) is 0 Å². The molecule has 0 aliphatic heterocycles. The topological polar surface area (TPSA) is 52.4 Å². The van der Waals surface area contributed by atoms with Gasteiger partial charge in [0.25, 0.3) is 5.69 Å². The Morgan fingerprint density at radius 1 is 0.759 bits per heavy atom. The van der Waals surface area contributed by atoms with Crippen molar-refractivity contribution < 1.29 is 9.66 Å². The summed E-state index contributed by atoms with van der Waals surface area (Å²) in [7, 11) is 1.67. The molecule has 0 spiro atoms. The molecule has 144 valence electrons. The number of aryl methyl sites for hydroxylation is 2. The van der Waals surface area contributed by atoms with E-state index in [4.69, 9.17) is 4.74 Å². The summed E-state index contributed by atoms with van der Waals surface area (Å²) in [6.45, 7) is 4.00. The summed E-state index contributed by atoms with van der Waals surface area (Å²) in [6.07, 6.45) is 0. The lowest BCUT2D eigenvalue weighted by Crippen LogP contribution is -1.93. The lowest BCUT2D eigenvalue weighted by molar-refractivity contribution is -0.384. The Kier molecular flexibility index (Phi) is 4.77. The summed E-state index contributed by atoms with van der Waals surface area (Å²) in [5.41, 5.74) is 6.47. The third kappa shape index (κ3) is 3.34. The largest absolute Gasteiger partial charge is 0.497 e. The van der Waals surface area contributed by atoms with Crippen LogP contribution in [0.1, 0.15) is 11.1 Å². The fourth-order valence-electron chi connectivity index (χ4n) is 3.92. The summed E-state index contributed by atoms with van der Waals surface area (Å²) in [6, 6.07) is 23.6. The number of rotatable bonds is 4. The summed E-state index contributed by atoms with van der Waals surface area (Å²) in [5, 5.41) is 13.4. The van der Waals surface area contributed by atoms with Crippen LogP contribution in [0.15, 0.2) is 72.8 Å². The number of nitro groups is 1. The van der Waals surface area contributed by atoms with Crippen molar-refractivity contribution in [2.45, 2.75) is 13.8 Å². The second-order valence-corrected chi connectivity index (χ2v) is 7.15. The van der Waals surface area contributed by atoms with Crippen LogP contribution in [0, 0.1) is 24.0 Å². The molecule has 0 aliphatic carbocycles. The summed E-state index contributed by atoms with van der Waals surface area (Å²) in [5.74, 6) is 0.831. The molecule has 0 amide bonds. The van der Waals surface area contributed by atoms with E-state index in [1.807, 2.05) is 31.2 Å². The van der Waals surface area contributed by atoms with E-state index >= 15 is 0 Å². The maximum Gasteiger partial charge on any atom is 0.269 e. The second-order valence-electron chi connectivity index (χ2n) is 7.15. The van der Waals surface area contributed by atoms with E-state index in [2.05, 4.69) is 43.3 Å². The highest BCUT2D eigenvalue weighted by Gasteiger charge is 2.15. The molecule has 0 heterocycles. The average Bonchev–Trinajstić information content (AvgIpc) is 2.73. The zero-order valence-electron chi connectivity index (χ0n) is 16.6. The summed E-state index contributed by atoms with van der Waals surface area (Å²) < 4.78 is 5.36. The minimum atomic E-state index is -0.355. The van der Waals surface area contributed by atoms with E-state index in [1.54, 1.807) is 19.2 Å². The number of fused-ring (bicyclic) bond motifs is 1. The van der Waals surface area contributed by atoms with Crippen LogP contribution in [-0.4, -0.2) is 12.0 Å². The predicted molar refractivity (Wildman–Crippen MR) is 118 cm³/mol. The zero-order valence-corrected chi connectivity index (χ0v) is 16.6. The third-order valence-corrected chi connectivity index (χ3v) is 5.34. The van der Waals surface area contributed by atoms with E-state index in [0.717, 1.165) is 49.9 Å². The maximum absolute atomic E-state index is 11.1. The first-order valence-corrected chi connectivity index (χ1v) is 9.42. The smallest absolute Gasteiger partial charge is 0.269 e. The Balaban J connectivity index is 2.00. The number of hydrogen-bond acceptors (Lipinski definition) is 3. The van der Waals surface area contributed by atoms with Gasteiger partial charge < -0.3 is 4.74 Å². The standard InChI is InChI=1S/C25H21NO3/c1-16-14-19(26(27)28)10-12-21(16)23-8-4-6-18-7-5-9-24(25(18)23)22-13-11-20(29-3)15-17(22)2/h4-15H,1-3H3. The molecule has 0 bridgehead atoms. The Morgan fingerprint density at radius 2 is 1.34 bits per heavy atom. The summed E-state index contributed by atoms with van der Waals surface area (Å²) in [4.78, 5) is 10.8. The highest BCUT2D eigenvalue weighted by molar-refractivity contribution is 6.07. The molecule has 4 rings (SSSR count). The molecule has 0 aromatic heterocycles. The van der Waals surface area contributed by atoms with Crippen molar-refractivity contribution in [3.63, 3.8) is 0 Å². The van der Waals surface area contributed by atoms with E-state index in [-0.39, 0.29) is 10.6 Å². The number of nitrogens with zero attached hydrogens (tertiary/aromatic N) is 1. The van der Waals surface area contributed by atoms with Crippen molar-refractivity contribution in [1.82, 2.24) is 0 Å². The number of nitro benzene ring substituents is 1. The van der Waals surface area contributed by atoms with E-state index in [9.17, 15) is 10.1 Å². The van der Waals surface area contributed by atoms with Crippen LogP contribution in [0.4, 0.5) is 5.69 Å². The lowest BCUT2D eigenvalue weighted by Gasteiger charge is -2.16. The molecule has 0 unspecified atom stereocenters. The van der Waals surface area contributed by atoms with E-state index < -0.39 is 0 Å². The number of ether oxygens (including phenoxy) is 1. The van der Waals surface area contributed by atoms with Crippen LogP contribution in [0.5, 0.6) is 5.75 Å². The average molecular weight is 383 g/mol. The molecule has 4 aromatic rings. The molecule has 0 saturated heterocycles. The monoisotopic (exact) mass is 383 g/mol. The van der Waals surface area contributed by atoms with Gasteiger partial charge in [-0.15, -0.1) is 0 Å². The van der Waals surface area contributed by atoms with E-state index in [1.165, 1.54) is 0 Å². The van der Waals surface area contributed by atoms with Crippen LogP contribution >= 0.6 is 0 Å². The normalized spacial score (nSPS) is 10.9. The number of non-ortho nitro benzene ring substituents is 1. The molecule has 0 N–H and O–H groups in total. The first-order chi connectivity index (χ1) is 14.0. The fraction of sp³-hybridized carbons (Fsp3) is 0.120. The van der Waals surface area contributed by atoms with Crippen LogP contribution in [-0.2, 0) is 0 Å². The highest BCUT2D eigenvalue weighted by atomic mass is 16.6. The Labute approximate surface area is 169 Å². The molecule has 0 saturated carbocycles. The van der Waals surface area contributed by atoms with Gasteiger partial charge in [0.05, 0.1) is 12.0 Å². The van der Waals surface area contributed by atoms with Crippen molar-refractivity contribution in [3.05, 3.63) is 94.0 Å². The molecule has 4 nitrogen and oxygen atoms in total. The molecular formula is C25H21NO3. The molecular weight excluding hydrogens is 362 g/mol. The minimum absolute atomic E-state index is 0.109. The Morgan fingerprint density at radius 3 is 1.86 bits per heavy atom. The van der Waals surface area contributed by atoms with Crippen molar-refractivity contribution in [2.24, 2.45) is 0 Å². The van der Waals surface area contributed by atoms with Crippen molar-refractivity contribution in [2.75, 3.05) is 7.11 Å². The molecule has 0 atom stereocenters. The molecule has 29 heavy (non-hydrogen) atoms. The second kappa shape index (κ2) is 7.40. The van der Waals surface area contributed by atoms with Gasteiger partial charge in [0.15, 0.2) is 0 Å². The molecule has 4 heteroatoms. The van der Waals surface area contributed by atoms with Gasteiger partial charge in [-0.1, -0.05) is 42.5 Å². The third-order valence-electron chi connectivity index (χ3n) is 5.34. The zero-order chi connectivity index (χ0) is 20.5. The fourth-order valence-corrected chi connectivity index (χ4v) is 3.92. The van der Waals surface area contributed by atoms with Crippen molar-refractivity contribution >= 4 is 16.5 Å². The Bertz CT molecular complexity index is 1240. The SMILES string of the molecule is COc1ccc(-c2cccc3cccc(-c4ccc([N+](=O)[O-])cc4C)c23)c(C)c1. The van der Waals surface area contributed by atoms with Crippen LogP contribution in [0.2, 0.25) is 0 Å². The molecule has 0 fully saturated rings. The van der Waals surface area contributed by atoms with Gasteiger partial charge in [0, 0.05) is 12.1 Å². The van der Waals surface area contributed by atoms with Gasteiger partial charge >= 0.3 is 0 Å². The Hall–Kier alpha value is -3.66. The van der Waals surface area contributed by atoms with Gasteiger partial charge in [0.2, 0.25) is 0 Å². The van der Waals surface area contributed by atoms with Crippen molar-refractivity contribution in [1.29, 1.82) is 0 Å². The number of benzene rings is 4. The molecule has 4 aromatic carbocycles. The highest BCUT2D eigenvalue weighted by Crippen LogP contribution is 2.39. The number of hydrogen-bond donors (Lipinski definition) is 0. The number of methoxy groups -OCH3 is 1. The van der Waals surface area contributed by atoms with Gasteiger partial charge in [0.1, 0.15) is 5.75 Å². The maximum atomic E-state index is 11.1. The van der Waals surface area contributed by atoms with E-state index in [0.29, 0.717) is 0 Å². The van der Waals surface area contributed by atoms with Crippen molar-refractivity contribution in [3.8, 4) is 28.0 Å². The van der Waals surface area contributed by atoms with Gasteiger partial charge in [-0.2, -0.15) is 0 Å². The van der Waals surface area contributed by atoms with Crippen LogP contribution in [0.25, 0.3) is 33.0 Å². The molecule has 0 aliphatic rings. The first-order valence-electron chi connectivity index (χ1n) is 9.42. The van der Waals surface area contributed by atoms with Gasteiger partial charge in [-0.3, -0.25) is 10.1 Å². The lowest BCUT2D eigenvalue weighted by atomic mass is 9.88. The molecule has 0 radical (unpaired) electrons. The summed E-state index contributed by atoms with van der Waals surface area (Å²) >= 11 is 0. The quantitative estimate of drug-likeness (QED) is 0.291. The predicted octanol–water partition coefficient (Wildman–Crippen LogP) is 6.71. The van der Waals surface area contributed by atoms with Crippen LogP contribution in [0.3, 0.4) is 0 Å². The van der Waals surface area contributed by atoms with Gasteiger partial charge in [-0.05, 0) is 76.2 Å². The first kappa shape index (κ1) is 18.7. The van der Waals surface area contributed by atoms with Crippen LogP contribution < -0.4 is 4.74 Å². The minimum Gasteiger partial charge on any atom is -0.497 e.